The largest absolute Gasteiger partial charge is 0.493 e. The topological polar surface area (TPSA) is 73.9 Å². The van der Waals surface area contributed by atoms with E-state index in [1.54, 1.807) is 24.3 Å². The van der Waals surface area contributed by atoms with Gasteiger partial charge in [0.1, 0.15) is 0 Å². The molecule has 8 heteroatoms. The molecule has 6 nitrogen and oxygen atoms in total. The number of carbonyl (C=O) groups excluding carboxylic acids is 2. The van der Waals surface area contributed by atoms with Crippen molar-refractivity contribution in [1.29, 1.82) is 0 Å². The maximum atomic E-state index is 12.1. The molecule has 2 aromatic carbocycles. The third-order valence-electron chi connectivity index (χ3n) is 3.52. The van der Waals surface area contributed by atoms with Crippen molar-refractivity contribution < 1.29 is 23.8 Å². The van der Waals surface area contributed by atoms with Crippen LogP contribution in [0, 0.1) is 0 Å². The van der Waals surface area contributed by atoms with Crippen molar-refractivity contribution in [2.45, 2.75) is 13.5 Å². The van der Waals surface area contributed by atoms with E-state index < -0.39 is 18.5 Å². The van der Waals surface area contributed by atoms with E-state index in [0.717, 1.165) is 0 Å². The molecule has 0 radical (unpaired) electrons. The van der Waals surface area contributed by atoms with E-state index in [-0.39, 0.29) is 12.1 Å². The van der Waals surface area contributed by atoms with Gasteiger partial charge in [-0.1, -0.05) is 29.3 Å². The minimum absolute atomic E-state index is 0.198. The summed E-state index contributed by atoms with van der Waals surface area (Å²) in [6.07, 6.45) is 0. The minimum atomic E-state index is -0.640. The molecule has 0 bridgehead atoms. The van der Waals surface area contributed by atoms with Crippen LogP contribution >= 0.6 is 23.2 Å². The molecule has 0 unspecified atom stereocenters. The predicted molar refractivity (Wildman–Crippen MR) is 103 cm³/mol. The van der Waals surface area contributed by atoms with Gasteiger partial charge in [-0.05, 0) is 42.8 Å². The molecule has 0 spiro atoms. The molecule has 1 N–H and O–H groups in total. The molecular formula is C19H19Cl2NO5. The normalized spacial score (nSPS) is 10.2. The minimum Gasteiger partial charge on any atom is -0.493 e. The van der Waals surface area contributed by atoms with Gasteiger partial charge in [-0.2, -0.15) is 0 Å². The number of amides is 1. The SMILES string of the molecule is CCOc1cc(C(=O)OCC(=O)NCc2ccc(Cl)cc2Cl)ccc1OC. The van der Waals surface area contributed by atoms with E-state index in [1.165, 1.54) is 19.2 Å². The van der Waals surface area contributed by atoms with Crippen molar-refractivity contribution in [1.82, 2.24) is 5.32 Å². The van der Waals surface area contributed by atoms with Gasteiger partial charge in [0.2, 0.25) is 0 Å². The second-order valence-corrected chi connectivity index (χ2v) is 6.23. The molecule has 0 atom stereocenters. The second-order valence-electron chi connectivity index (χ2n) is 5.39. The van der Waals surface area contributed by atoms with Crippen LogP contribution in [0.2, 0.25) is 10.0 Å². The molecule has 0 saturated heterocycles. The first-order valence-electron chi connectivity index (χ1n) is 8.13. The fraction of sp³-hybridized carbons (Fsp3) is 0.263. The first kappa shape index (κ1) is 20.9. The molecule has 1 amide bonds. The van der Waals surface area contributed by atoms with Gasteiger partial charge in [-0.3, -0.25) is 4.79 Å². The first-order chi connectivity index (χ1) is 12.9. The van der Waals surface area contributed by atoms with Crippen molar-refractivity contribution in [2.24, 2.45) is 0 Å². The molecular weight excluding hydrogens is 393 g/mol. The van der Waals surface area contributed by atoms with Gasteiger partial charge in [0.05, 0.1) is 19.3 Å². The summed E-state index contributed by atoms with van der Waals surface area (Å²) >= 11 is 11.9. The van der Waals surface area contributed by atoms with E-state index in [2.05, 4.69) is 5.32 Å². The van der Waals surface area contributed by atoms with Crippen LogP contribution in [0.4, 0.5) is 0 Å². The van der Waals surface area contributed by atoms with Gasteiger partial charge < -0.3 is 19.5 Å². The van der Waals surface area contributed by atoms with Crippen LogP contribution in [0.15, 0.2) is 36.4 Å². The lowest BCUT2D eigenvalue weighted by Crippen LogP contribution is -2.28. The van der Waals surface area contributed by atoms with Crippen LogP contribution in [-0.4, -0.2) is 32.2 Å². The fourth-order valence-corrected chi connectivity index (χ4v) is 2.67. The van der Waals surface area contributed by atoms with Crippen molar-refractivity contribution in [3.8, 4) is 11.5 Å². The lowest BCUT2D eigenvalue weighted by molar-refractivity contribution is -0.124. The van der Waals surface area contributed by atoms with E-state index in [4.69, 9.17) is 37.4 Å². The zero-order valence-corrected chi connectivity index (χ0v) is 16.4. The zero-order valence-electron chi connectivity index (χ0n) is 14.9. The molecule has 0 aliphatic heterocycles. The quantitative estimate of drug-likeness (QED) is 0.667. The van der Waals surface area contributed by atoms with Crippen LogP contribution < -0.4 is 14.8 Å². The average molecular weight is 412 g/mol. The average Bonchev–Trinajstić information content (AvgIpc) is 2.65. The van der Waals surface area contributed by atoms with Crippen molar-refractivity contribution >= 4 is 35.1 Å². The second kappa shape index (κ2) is 10.0. The summed E-state index contributed by atoms with van der Waals surface area (Å²) in [7, 11) is 1.51. The van der Waals surface area contributed by atoms with Crippen molar-refractivity contribution in [2.75, 3.05) is 20.3 Å². The predicted octanol–water partition coefficient (Wildman–Crippen LogP) is 3.87. The lowest BCUT2D eigenvalue weighted by Gasteiger charge is -2.11. The molecule has 2 rings (SSSR count). The molecule has 0 aliphatic carbocycles. The zero-order chi connectivity index (χ0) is 19.8. The van der Waals surface area contributed by atoms with Crippen molar-refractivity contribution in [3.05, 3.63) is 57.6 Å². The third kappa shape index (κ3) is 6.05. The number of benzene rings is 2. The first-order valence-corrected chi connectivity index (χ1v) is 8.88. The highest BCUT2D eigenvalue weighted by Gasteiger charge is 2.14. The lowest BCUT2D eigenvalue weighted by atomic mass is 10.2. The Hall–Kier alpha value is -2.44. The smallest absolute Gasteiger partial charge is 0.338 e. The van der Waals surface area contributed by atoms with Crippen LogP contribution in [0.5, 0.6) is 11.5 Å². The Balaban J connectivity index is 1.89. The Kier molecular flexibility index (Phi) is 7.76. The Morgan fingerprint density at radius 2 is 1.85 bits per heavy atom. The van der Waals surface area contributed by atoms with Crippen LogP contribution in [-0.2, 0) is 16.1 Å². The molecule has 0 aromatic heterocycles. The summed E-state index contributed by atoms with van der Waals surface area (Å²) in [4.78, 5) is 24.0. The summed E-state index contributed by atoms with van der Waals surface area (Å²) in [6, 6.07) is 9.62. The number of hydrogen-bond acceptors (Lipinski definition) is 5. The van der Waals surface area contributed by atoms with E-state index in [9.17, 15) is 9.59 Å². The van der Waals surface area contributed by atoms with Crippen LogP contribution in [0.3, 0.4) is 0 Å². The summed E-state index contributed by atoms with van der Waals surface area (Å²) in [5.41, 5.74) is 0.963. The molecule has 27 heavy (non-hydrogen) atoms. The Morgan fingerprint density at radius 1 is 1.07 bits per heavy atom. The monoisotopic (exact) mass is 411 g/mol. The number of rotatable bonds is 8. The Morgan fingerprint density at radius 3 is 2.52 bits per heavy atom. The Labute approximate surface area is 167 Å². The summed E-state index contributed by atoms with van der Waals surface area (Å²) in [5, 5.41) is 3.58. The molecule has 0 saturated carbocycles. The summed E-state index contributed by atoms with van der Waals surface area (Å²) in [5.74, 6) is -0.159. The molecule has 0 heterocycles. The highest BCUT2D eigenvalue weighted by atomic mass is 35.5. The highest BCUT2D eigenvalue weighted by molar-refractivity contribution is 6.35. The van der Waals surface area contributed by atoms with E-state index >= 15 is 0 Å². The maximum Gasteiger partial charge on any atom is 0.338 e. The molecule has 144 valence electrons. The standard InChI is InChI=1S/C19H19Cl2NO5/c1-3-26-17-8-12(5-7-16(17)25-2)19(24)27-11-18(23)22-10-13-4-6-14(20)9-15(13)21/h4-9H,3,10-11H2,1-2H3,(H,22,23). The molecule has 0 aliphatic rings. The Bertz CT molecular complexity index is 826. The highest BCUT2D eigenvalue weighted by Crippen LogP contribution is 2.28. The number of nitrogens with one attached hydrogen (secondary N) is 1. The molecule has 2 aromatic rings. The van der Waals surface area contributed by atoms with Crippen LogP contribution in [0.25, 0.3) is 0 Å². The van der Waals surface area contributed by atoms with Gasteiger partial charge >= 0.3 is 5.97 Å². The summed E-state index contributed by atoms with van der Waals surface area (Å²) < 4.78 is 15.6. The number of hydrogen-bond donors (Lipinski definition) is 1. The molecule has 0 fully saturated rings. The fourth-order valence-electron chi connectivity index (χ4n) is 2.20. The number of halogens is 2. The van der Waals surface area contributed by atoms with Crippen LogP contribution in [0.1, 0.15) is 22.8 Å². The number of methoxy groups -OCH3 is 1. The van der Waals surface area contributed by atoms with Crippen molar-refractivity contribution in [3.63, 3.8) is 0 Å². The third-order valence-corrected chi connectivity index (χ3v) is 4.11. The van der Waals surface area contributed by atoms with E-state index in [1.807, 2.05) is 6.92 Å². The number of esters is 1. The number of carbonyl (C=O) groups is 2. The van der Waals surface area contributed by atoms with Gasteiger partial charge in [-0.25, -0.2) is 4.79 Å². The maximum absolute atomic E-state index is 12.1. The summed E-state index contributed by atoms with van der Waals surface area (Å²) in [6.45, 7) is 2.02. The van der Waals surface area contributed by atoms with Gasteiger partial charge in [0.15, 0.2) is 18.1 Å². The van der Waals surface area contributed by atoms with E-state index in [0.29, 0.717) is 33.7 Å². The van der Waals surface area contributed by atoms with Gasteiger partial charge in [0, 0.05) is 16.6 Å². The van der Waals surface area contributed by atoms with Gasteiger partial charge in [-0.15, -0.1) is 0 Å². The number of ether oxygens (including phenoxy) is 3. The van der Waals surface area contributed by atoms with Gasteiger partial charge in [0.25, 0.3) is 5.91 Å².